The van der Waals surface area contributed by atoms with Crippen molar-refractivity contribution >= 4 is 11.6 Å². The molecule has 0 aliphatic rings. The van der Waals surface area contributed by atoms with Crippen molar-refractivity contribution < 1.29 is 0 Å². The molecule has 0 saturated heterocycles. The van der Waals surface area contributed by atoms with Gasteiger partial charge in [-0.25, -0.2) is 4.98 Å². The Morgan fingerprint density at radius 1 is 1.13 bits per heavy atom. The van der Waals surface area contributed by atoms with Gasteiger partial charge in [-0.3, -0.25) is 9.97 Å². The molecule has 4 nitrogen and oxygen atoms in total. The second-order valence-corrected chi connectivity index (χ2v) is 3.19. The Labute approximate surface area is 91.2 Å². The van der Waals surface area contributed by atoms with Crippen LogP contribution in [0.1, 0.15) is 5.56 Å². The molecule has 0 saturated carbocycles. The van der Waals surface area contributed by atoms with Crippen LogP contribution >= 0.6 is 11.6 Å². The molecule has 0 aromatic carbocycles. The van der Waals surface area contributed by atoms with Crippen LogP contribution in [-0.2, 0) is 0 Å². The molecule has 0 atom stereocenters. The fraction of sp³-hybridized carbons (Fsp3) is 0. The Morgan fingerprint density at radius 3 is 2.67 bits per heavy atom. The molecule has 0 amide bonds. The minimum atomic E-state index is 0.336. The fourth-order valence-corrected chi connectivity index (χ4v) is 1.20. The Hall–Kier alpha value is -1.99. The normalized spacial score (nSPS) is 9.60. The van der Waals surface area contributed by atoms with Crippen LogP contribution in [0.3, 0.4) is 0 Å². The molecule has 0 bridgehead atoms. The van der Waals surface area contributed by atoms with Gasteiger partial charge in [0.1, 0.15) is 11.2 Å². The maximum Gasteiger partial charge on any atom is 0.147 e. The van der Waals surface area contributed by atoms with Gasteiger partial charge in [0.25, 0.3) is 0 Å². The Bertz CT molecular complexity index is 516. The van der Waals surface area contributed by atoms with Crippen molar-refractivity contribution in [3.05, 3.63) is 41.6 Å². The first kappa shape index (κ1) is 9.56. The highest BCUT2D eigenvalue weighted by Gasteiger charge is 2.01. The molecule has 0 radical (unpaired) electrons. The lowest BCUT2D eigenvalue weighted by molar-refractivity contribution is 1.19. The first-order valence-electron chi connectivity index (χ1n) is 4.12. The summed E-state index contributed by atoms with van der Waals surface area (Å²) in [5.41, 5.74) is 1.88. The SMILES string of the molecule is N#Cc1cncc(-c2cnc(Cl)cn2)c1. The Kier molecular flexibility index (Phi) is 2.57. The zero-order valence-corrected chi connectivity index (χ0v) is 8.31. The monoisotopic (exact) mass is 216 g/mol. The van der Waals surface area contributed by atoms with E-state index in [0.29, 0.717) is 16.4 Å². The van der Waals surface area contributed by atoms with E-state index in [1.54, 1.807) is 18.5 Å². The second kappa shape index (κ2) is 4.03. The van der Waals surface area contributed by atoms with Crippen LogP contribution in [0.2, 0.25) is 5.15 Å². The van der Waals surface area contributed by atoms with E-state index in [9.17, 15) is 0 Å². The van der Waals surface area contributed by atoms with Crippen LogP contribution in [0.15, 0.2) is 30.9 Å². The summed E-state index contributed by atoms with van der Waals surface area (Å²) in [4.78, 5) is 11.9. The van der Waals surface area contributed by atoms with E-state index in [2.05, 4.69) is 15.0 Å². The van der Waals surface area contributed by atoms with Gasteiger partial charge < -0.3 is 0 Å². The van der Waals surface area contributed by atoms with Crippen molar-refractivity contribution in [2.45, 2.75) is 0 Å². The van der Waals surface area contributed by atoms with Crippen molar-refractivity contribution in [2.24, 2.45) is 0 Å². The molecule has 0 aliphatic carbocycles. The number of halogens is 1. The number of aromatic nitrogens is 3. The van der Waals surface area contributed by atoms with Gasteiger partial charge in [-0.1, -0.05) is 11.6 Å². The van der Waals surface area contributed by atoms with Crippen LogP contribution in [0.25, 0.3) is 11.3 Å². The third kappa shape index (κ3) is 2.09. The highest BCUT2D eigenvalue weighted by molar-refractivity contribution is 6.29. The summed E-state index contributed by atoms with van der Waals surface area (Å²) >= 11 is 5.62. The zero-order valence-electron chi connectivity index (χ0n) is 7.55. The van der Waals surface area contributed by atoms with Gasteiger partial charge in [-0.15, -0.1) is 0 Å². The average Bonchev–Trinajstić information content (AvgIpc) is 2.30. The lowest BCUT2D eigenvalue weighted by Crippen LogP contribution is -1.87. The standard InChI is InChI=1S/C10H5ClN4/c11-10-6-14-9(5-15-10)8-1-7(2-12)3-13-4-8/h1,3-6H. The Balaban J connectivity index is 2.46. The third-order valence-electron chi connectivity index (χ3n) is 1.78. The Morgan fingerprint density at radius 2 is 2.00 bits per heavy atom. The fourth-order valence-electron chi connectivity index (χ4n) is 1.10. The predicted octanol–water partition coefficient (Wildman–Crippen LogP) is 2.06. The predicted molar refractivity (Wildman–Crippen MR) is 55.0 cm³/mol. The molecule has 15 heavy (non-hydrogen) atoms. The molecular formula is C10H5ClN4. The molecule has 2 heterocycles. The summed E-state index contributed by atoms with van der Waals surface area (Å²) in [5, 5.41) is 9.04. The van der Waals surface area contributed by atoms with E-state index in [-0.39, 0.29) is 0 Å². The summed E-state index contributed by atoms with van der Waals surface area (Å²) < 4.78 is 0. The molecule has 5 heteroatoms. The van der Waals surface area contributed by atoms with Gasteiger partial charge >= 0.3 is 0 Å². The minimum absolute atomic E-state index is 0.336. The van der Waals surface area contributed by atoms with E-state index in [0.717, 1.165) is 5.56 Å². The quantitative estimate of drug-likeness (QED) is 0.732. The number of nitriles is 1. The van der Waals surface area contributed by atoms with Gasteiger partial charge in [0.2, 0.25) is 0 Å². The summed E-state index contributed by atoms with van der Waals surface area (Å²) in [7, 11) is 0. The number of nitrogens with zero attached hydrogens (tertiary/aromatic N) is 4. The van der Waals surface area contributed by atoms with Crippen LogP contribution in [0.5, 0.6) is 0 Å². The summed E-state index contributed by atoms with van der Waals surface area (Å²) in [6.45, 7) is 0. The van der Waals surface area contributed by atoms with Crippen LogP contribution in [0.4, 0.5) is 0 Å². The first-order valence-corrected chi connectivity index (χ1v) is 4.50. The zero-order chi connectivity index (χ0) is 10.7. The van der Waals surface area contributed by atoms with Crippen LogP contribution in [0, 0.1) is 11.3 Å². The third-order valence-corrected chi connectivity index (χ3v) is 1.98. The van der Waals surface area contributed by atoms with Crippen molar-refractivity contribution in [3.8, 4) is 17.3 Å². The van der Waals surface area contributed by atoms with E-state index < -0.39 is 0 Å². The van der Waals surface area contributed by atoms with Gasteiger partial charge in [0, 0.05) is 18.0 Å². The molecule has 0 spiro atoms. The van der Waals surface area contributed by atoms with Crippen LogP contribution < -0.4 is 0 Å². The number of hydrogen-bond donors (Lipinski definition) is 0. The van der Waals surface area contributed by atoms with Crippen LogP contribution in [-0.4, -0.2) is 15.0 Å². The van der Waals surface area contributed by atoms with Gasteiger partial charge in [0.05, 0.1) is 23.7 Å². The van der Waals surface area contributed by atoms with Gasteiger partial charge in [-0.2, -0.15) is 5.26 Å². The summed E-state index contributed by atoms with van der Waals surface area (Å²) in [5.74, 6) is 0. The maximum atomic E-state index is 8.71. The van der Waals surface area contributed by atoms with E-state index in [1.807, 2.05) is 6.07 Å². The lowest BCUT2D eigenvalue weighted by atomic mass is 10.2. The summed E-state index contributed by atoms with van der Waals surface area (Å²) in [6, 6.07) is 3.71. The highest BCUT2D eigenvalue weighted by Crippen LogP contribution is 2.16. The van der Waals surface area contributed by atoms with Crippen molar-refractivity contribution in [2.75, 3.05) is 0 Å². The molecule has 2 aromatic heterocycles. The molecule has 2 aromatic rings. The number of hydrogen-bond acceptors (Lipinski definition) is 4. The minimum Gasteiger partial charge on any atom is -0.263 e. The molecule has 0 unspecified atom stereocenters. The first-order chi connectivity index (χ1) is 7.29. The lowest BCUT2D eigenvalue weighted by Gasteiger charge is -1.99. The van der Waals surface area contributed by atoms with E-state index >= 15 is 0 Å². The topological polar surface area (TPSA) is 62.5 Å². The molecule has 2 rings (SSSR count). The van der Waals surface area contributed by atoms with Gasteiger partial charge in [0.15, 0.2) is 0 Å². The largest absolute Gasteiger partial charge is 0.263 e. The summed E-state index contributed by atoms with van der Waals surface area (Å²) in [6.07, 6.45) is 6.11. The second-order valence-electron chi connectivity index (χ2n) is 2.80. The average molecular weight is 217 g/mol. The molecule has 0 N–H and O–H groups in total. The van der Waals surface area contributed by atoms with Crippen molar-refractivity contribution in [3.63, 3.8) is 0 Å². The van der Waals surface area contributed by atoms with Crippen molar-refractivity contribution in [1.82, 2.24) is 15.0 Å². The molecular weight excluding hydrogens is 212 g/mol. The highest BCUT2D eigenvalue weighted by atomic mass is 35.5. The maximum absolute atomic E-state index is 8.71. The molecule has 0 fully saturated rings. The van der Waals surface area contributed by atoms with E-state index in [4.69, 9.17) is 16.9 Å². The van der Waals surface area contributed by atoms with E-state index in [1.165, 1.54) is 12.4 Å². The smallest absolute Gasteiger partial charge is 0.147 e. The number of rotatable bonds is 1. The molecule has 0 aliphatic heterocycles. The van der Waals surface area contributed by atoms with Crippen molar-refractivity contribution in [1.29, 1.82) is 5.26 Å². The molecule has 72 valence electrons. The number of pyridine rings is 1. The van der Waals surface area contributed by atoms with Gasteiger partial charge in [-0.05, 0) is 6.07 Å².